The van der Waals surface area contributed by atoms with Crippen molar-refractivity contribution in [1.82, 2.24) is 14.9 Å². The topological polar surface area (TPSA) is 133 Å². The van der Waals surface area contributed by atoms with Gasteiger partial charge in [-0.3, -0.25) is 4.79 Å². The Kier molecular flexibility index (Phi) is 8.04. The second-order valence-electron chi connectivity index (χ2n) is 10.6. The van der Waals surface area contributed by atoms with Gasteiger partial charge in [-0.15, -0.1) is 10.2 Å². The molecule has 0 atom stereocenters. The number of fused-ring (bicyclic) bond motifs is 1. The van der Waals surface area contributed by atoms with E-state index in [1.54, 1.807) is 57.2 Å². The van der Waals surface area contributed by atoms with Gasteiger partial charge in [0.25, 0.3) is 5.91 Å². The number of aliphatic hydroxyl groups is 1. The highest BCUT2D eigenvalue weighted by Crippen LogP contribution is 2.33. The normalized spacial score (nSPS) is 11.8. The molecule has 0 aliphatic carbocycles. The van der Waals surface area contributed by atoms with Crippen molar-refractivity contribution in [2.24, 2.45) is 0 Å². The number of hydrogen-bond donors (Lipinski definition) is 4. The fraction of sp³-hybridized carbons (Fsp3) is 0.156. The summed E-state index contributed by atoms with van der Waals surface area (Å²) in [5.74, 6) is 0.305. The minimum Gasteiger partial charge on any atom is -0.394 e. The number of sulfonamides is 1. The summed E-state index contributed by atoms with van der Waals surface area (Å²) in [5, 5.41) is 26.2. The van der Waals surface area contributed by atoms with Crippen LogP contribution in [-0.2, 0) is 10.0 Å². The number of carbonyl (C=O) groups is 1. The standard InChI is InChI=1S/C32H31N5O4S/c1-21-13-14-23(19-28(21)42(40,41)37-32(2,3)20-38)29-26-11-7-8-12-27(26)30(36-35-29)33-25-17-15-22(16-18-25)31(39)34-24-9-5-4-6-10-24/h4-19,37-38H,20H2,1-3H3,(H,33,36)(H,34,39). The van der Waals surface area contributed by atoms with Gasteiger partial charge in [0.15, 0.2) is 5.82 Å². The van der Waals surface area contributed by atoms with Crippen LogP contribution in [0.15, 0.2) is 102 Å². The molecule has 1 amide bonds. The van der Waals surface area contributed by atoms with Crippen molar-refractivity contribution in [2.45, 2.75) is 31.2 Å². The highest BCUT2D eigenvalue weighted by molar-refractivity contribution is 7.89. The minimum atomic E-state index is -3.92. The van der Waals surface area contributed by atoms with Crippen LogP contribution in [-0.4, -0.2) is 41.8 Å². The molecule has 0 saturated heterocycles. The number of nitrogens with zero attached hydrogens (tertiary/aromatic N) is 2. The number of aliphatic hydroxyl groups excluding tert-OH is 1. The number of aromatic nitrogens is 2. The molecule has 4 aromatic carbocycles. The summed E-state index contributed by atoms with van der Waals surface area (Å²) in [6.07, 6.45) is 0. The number of carbonyl (C=O) groups excluding carboxylic acids is 1. The van der Waals surface area contributed by atoms with E-state index < -0.39 is 15.6 Å². The lowest BCUT2D eigenvalue weighted by Crippen LogP contribution is -2.46. The van der Waals surface area contributed by atoms with E-state index in [0.29, 0.717) is 28.2 Å². The molecule has 9 nitrogen and oxygen atoms in total. The van der Waals surface area contributed by atoms with Crippen LogP contribution in [0.4, 0.5) is 17.2 Å². The molecule has 0 aliphatic rings. The van der Waals surface area contributed by atoms with Gasteiger partial charge in [0.2, 0.25) is 10.0 Å². The van der Waals surface area contributed by atoms with E-state index in [0.717, 1.165) is 22.1 Å². The fourth-order valence-electron chi connectivity index (χ4n) is 4.46. The molecule has 214 valence electrons. The van der Waals surface area contributed by atoms with Crippen molar-refractivity contribution in [2.75, 3.05) is 17.2 Å². The molecule has 5 aromatic rings. The minimum absolute atomic E-state index is 0.103. The molecule has 0 radical (unpaired) electrons. The lowest BCUT2D eigenvalue weighted by molar-refractivity contribution is 0.102. The van der Waals surface area contributed by atoms with Crippen molar-refractivity contribution >= 4 is 43.9 Å². The Morgan fingerprint density at radius 1 is 0.833 bits per heavy atom. The zero-order valence-corrected chi connectivity index (χ0v) is 24.2. The molecule has 0 bridgehead atoms. The van der Waals surface area contributed by atoms with Crippen LogP contribution in [0, 0.1) is 6.92 Å². The SMILES string of the molecule is Cc1ccc(-c2nnc(Nc3ccc(C(=O)Nc4ccccc4)cc3)c3ccccc23)cc1S(=O)(=O)NC(C)(C)CO. The van der Waals surface area contributed by atoms with E-state index in [1.807, 2.05) is 60.7 Å². The van der Waals surface area contributed by atoms with E-state index in [4.69, 9.17) is 0 Å². The van der Waals surface area contributed by atoms with Crippen LogP contribution in [0.1, 0.15) is 29.8 Å². The Hall–Kier alpha value is -4.64. The lowest BCUT2D eigenvalue weighted by Gasteiger charge is -2.24. The number of hydrogen-bond acceptors (Lipinski definition) is 7. The largest absolute Gasteiger partial charge is 0.394 e. The molecule has 5 rings (SSSR count). The Morgan fingerprint density at radius 2 is 1.50 bits per heavy atom. The fourth-order valence-corrected chi connectivity index (χ4v) is 6.14. The summed E-state index contributed by atoms with van der Waals surface area (Å²) in [7, 11) is -3.92. The average Bonchev–Trinajstić information content (AvgIpc) is 2.98. The first-order valence-corrected chi connectivity index (χ1v) is 14.8. The Balaban J connectivity index is 1.43. The highest BCUT2D eigenvalue weighted by Gasteiger charge is 2.27. The van der Waals surface area contributed by atoms with Crippen molar-refractivity contribution < 1.29 is 18.3 Å². The second kappa shape index (κ2) is 11.7. The maximum Gasteiger partial charge on any atom is 0.255 e. The Bertz CT molecular complexity index is 1860. The molecule has 0 saturated carbocycles. The number of para-hydroxylation sites is 1. The molecule has 0 spiro atoms. The second-order valence-corrected chi connectivity index (χ2v) is 12.2. The number of benzene rings is 4. The van der Waals surface area contributed by atoms with E-state index >= 15 is 0 Å². The lowest BCUT2D eigenvalue weighted by atomic mass is 10.0. The Labute approximate surface area is 244 Å². The van der Waals surface area contributed by atoms with Crippen molar-refractivity contribution in [1.29, 1.82) is 0 Å². The van der Waals surface area contributed by atoms with E-state index in [9.17, 15) is 18.3 Å². The van der Waals surface area contributed by atoms with Gasteiger partial charge in [0.1, 0.15) is 5.69 Å². The molecule has 1 aromatic heterocycles. The molecular weight excluding hydrogens is 550 g/mol. The van der Waals surface area contributed by atoms with Gasteiger partial charge in [0, 0.05) is 33.3 Å². The predicted octanol–water partition coefficient (Wildman–Crippen LogP) is 5.65. The monoisotopic (exact) mass is 581 g/mol. The number of anilines is 3. The smallest absolute Gasteiger partial charge is 0.255 e. The van der Waals surface area contributed by atoms with Gasteiger partial charge in [-0.05, 0) is 68.8 Å². The molecular formula is C32H31N5O4S. The summed E-state index contributed by atoms with van der Waals surface area (Å²) < 4.78 is 29.0. The zero-order valence-electron chi connectivity index (χ0n) is 23.4. The molecule has 0 aliphatic heterocycles. The van der Waals surface area contributed by atoms with Crippen LogP contribution in [0.2, 0.25) is 0 Å². The molecule has 4 N–H and O–H groups in total. The van der Waals surface area contributed by atoms with Crippen LogP contribution >= 0.6 is 0 Å². The molecule has 1 heterocycles. The summed E-state index contributed by atoms with van der Waals surface area (Å²) in [4.78, 5) is 12.7. The summed E-state index contributed by atoms with van der Waals surface area (Å²) in [6, 6.07) is 29.0. The maximum absolute atomic E-state index is 13.2. The first-order valence-electron chi connectivity index (χ1n) is 13.3. The van der Waals surface area contributed by atoms with Gasteiger partial charge in [-0.2, -0.15) is 0 Å². The zero-order chi connectivity index (χ0) is 29.9. The van der Waals surface area contributed by atoms with Crippen LogP contribution in [0.5, 0.6) is 0 Å². The van der Waals surface area contributed by atoms with Gasteiger partial charge < -0.3 is 15.7 Å². The quantitative estimate of drug-likeness (QED) is 0.177. The van der Waals surface area contributed by atoms with Gasteiger partial charge in [-0.25, -0.2) is 13.1 Å². The third-order valence-corrected chi connectivity index (χ3v) is 8.53. The summed E-state index contributed by atoms with van der Waals surface area (Å²) in [6.45, 7) is 4.60. The maximum atomic E-state index is 13.2. The van der Waals surface area contributed by atoms with Gasteiger partial charge >= 0.3 is 0 Å². The van der Waals surface area contributed by atoms with Crippen LogP contribution < -0.4 is 15.4 Å². The highest BCUT2D eigenvalue weighted by atomic mass is 32.2. The van der Waals surface area contributed by atoms with E-state index in [2.05, 4.69) is 25.6 Å². The van der Waals surface area contributed by atoms with Crippen molar-refractivity contribution in [3.8, 4) is 11.3 Å². The van der Waals surface area contributed by atoms with Crippen molar-refractivity contribution in [3.63, 3.8) is 0 Å². The number of rotatable bonds is 9. The molecule has 42 heavy (non-hydrogen) atoms. The van der Waals surface area contributed by atoms with Crippen molar-refractivity contribution in [3.05, 3.63) is 108 Å². The molecule has 10 heteroatoms. The average molecular weight is 582 g/mol. The first kappa shape index (κ1) is 28.9. The van der Waals surface area contributed by atoms with E-state index in [1.165, 1.54) is 0 Å². The summed E-state index contributed by atoms with van der Waals surface area (Å²) in [5.41, 5.74) is 2.61. The number of amides is 1. The third kappa shape index (κ3) is 6.31. The molecule has 0 fully saturated rings. The summed E-state index contributed by atoms with van der Waals surface area (Å²) >= 11 is 0. The number of aryl methyl sites for hydroxylation is 1. The van der Waals surface area contributed by atoms with Crippen LogP contribution in [0.25, 0.3) is 22.0 Å². The Morgan fingerprint density at radius 3 is 2.19 bits per heavy atom. The molecule has 0 unspecified atom stereocenters. The first-order chi connectivity index (χ1) is 20.1. The van der Waals surface area contributed by atoms with Gasteiger partial charge in [0.05, 0.1) is 17.0 Å². The predicted molar refractivity (Wildman–Crippen MR) is 165 cm³/mol. The van der Waals surface area contributed by atoms with Crippen LogP contribution in [0.3, 0.4) is 0 Å². The van der Waals surface area contributed by atoms with Gasteiger partial charge in [-0.1, -0.05) is 54.6 Å². The van der Waals surface area contributed by atoms with E-state index in [-0.39, 0.29) is 17.4 Å². The third-order valence-electron chi connectivity index (χ3n) is 6.69. The number of nitrogens with one attached hydrogen (secondary N) is 3.